The number of amides is 1. The number of carboxylic acid groups (broad SMARTS) is 1. The molecule has 0 spiro atoms. The van der Waals surface area contributed by atoms with E-state index in [1.165, 1.54) is 16.7 Å². The molecule has 3 heterocycles. The number of nitrogens with one attached hydrogen (secondary N) is 1. The third-order valence-corrected chi connectivity index (χ3v) is 5.25. The van der Waals surface area contributed by atoms with Crippen LogP contribution in [-0.2, 0) is 6.42 Å². The van der Waals surface area contributed by atoms with E-state index in [2.05, 4.69) is 34.2 Å². The highest BCUT2D eigenvalue weighted by Crippen LogP contribution is 2.22. The van der Waals surface area contributed by atoms with Crippen LogP contribution in [0.1, 0.15) is 57.9 Å². The van der Waals surface area contributed by atoms with Crippen molar-refractivity contribution < 1.29 is 14.7 Å². The Hall–Kier alpha value is -2.81. The van der Waals surface area contributed by atoms with Crippen LogP contribution in [0.25, 0.3) is 11.0 Å². The SMILES string of the molecule is CCC(C)n1ncc2c(C(=O)NCCc3nc(C(=O)O)cs3)cc(C)nc21. The van der Waals surface area contributed by atoms with Gasteiger partial charge in [-0.1, -0.05) is 6.92 Å². The maximum Gasteiger partial charge on any atom is 0.355 e. The van der Waals surface area contributed by atoms with Crippen LogP contribution in [0, 0.1) is 6.92 Å². The first-order valence-corrected chi connectivity index (χ1v) is 9.59. The molecule has 9 heteroatoms. The predicted molar refractivity (Wildman–Crippen MR) is 102 cm³/mol. The summed E-state index contributed by atoms with van der Waals surface area (Å²) in [6.07, 6.45) is 3.08. The zero-order valence-electron chi connectivity index (χ0n) is 15.4. The molecule has 0 saturated carbocycles. The van der Waals surface area contributed by atoms with Crippen molar-refractivity contribution in [3.05, 3.63) is 39.6 Å². The Bertz CT molecular complexity index is 994. The molecule has 3 aromatic heterocycles. The Morgan fingerprint density at radius 2 is 2.15 bits per heavy atom. The third-order valence-electron chi connectivity index (χ3n) is 4.34. The van der Waals surface area contributed by atoms with E-state index in [1.54, 1.807) is 12.3 Å². The van der Waals surface area contributed by atoms with Gasteiger partial charge in [0.1, 0.15) is 0 Å². The molecule has 27 heavy (non-hydrogen) atoms. The van der Waals surface area contributed by atoms with Gasteiger partial charge in [-0.3, -0.25) is 4.79 Å². The molecule has 3 rings (SSSR count). The number of aryl methyl sites for hydroxylation is 1. The first-order valence-electron chi connectivity index (χ1n) is 8.71. The van der Waals surface area contributed by atoms with Gasteiger partial charge in [0.05, 0.1) is 28.2 Å². The average Bonchev–Trinajstić information content (AvgIpc) is 3.27. The fourth-order valence-corrected chi connectivity index (χ4v) is 3.50. The van der Waals surface area contributed by atoms with Crippen molar-refractivity contribution in [2.75, 3.05) is 6.54 Å². The van der Waals surface area contributed by atoms with Gasteiger partial charge in [0, 0.05) is 24.0 Å². The number of hydrogen-bond donors (Lipinski definition) is 2. The fraction of sp³-hybridized carbons (Fsp3) is 0.389. The summed E-state index contributed by atoms with van der Waals surface area (Å²) in [7, 11) is 0. The standard InChI is InChI=1S/C18H21N5O3S/c1-4-11(3)23-16-13(8-20-23)12(7-10(2)21-16)17(24)19-6-5-15-22-14(9-27-15)18(25)26/h7-9,11H,4-6H2,1-3H3,(H,19,24)(H,25,26). The lowest BCUT2D eigenvalue weighted by atomic mass is 10.1. The van der Waals surface area contributed by atoms with E-state index in [4.69, 9.17) is 5.11 Å². The van der Waals surface area contributed by atoms with E-state index in [1.807, 2.05) is 11.6 Å². The Morgan fingerprint density at radius 3 is 2.81 bits per heavy atom. The molecule has 0 fully saturated rings. The Balaban J connectivity index is 1.75. The number of nitrogens with zero attached hydrogens (tertiary/aromatic N) is 4. The molecule has 0 aliphatic carbocycles. The molecule has 0 aliphatic rings. The molecule has 1 atom stereocenters. The quantitative estimate of drug-likeness (QED) is 0.645. The lowest BCUT2D eigenvalue weighted by Crippen LogP contribution is -2.26. The topological polar surface area (TPSA) is 110 Å². The highest BCUT2D eigenvalue weighted by atomic mass is 32.1. The number of thiazole rings is 1. The molecule has 2 N–H and O–H groups in total. The van der Waals surface area contributed by atoms with Crippen LogP contribution in [0.5, 0.6) is 0 Å². The summed E-state index contributed by atoms with van der Waals surface area (Å²) >= 11 is 1.27. The molecule has 0 aliphatic heterocycles. The molecule has 0 saturated heterocycles. The molecule has 1 unspecified atom stereocenters. The molecule has 142 valence electrons. The van der Waals surface area contributed by atoms with Crippen LogP contribution in [-0.4, -0.2) is 43.3 Å². The summed E-state index contributed by atoms with van der Waals surface area (Å²) in [5.74, 6) is -1.25. The number of hydrogen-bond acceptors (Lipinski definition) is 6. The van der Waals surface area contributed by atoms with Crippen LogP contribution in [0.4, 0.5) is 0 Å². The number of carbonyl (C=O) groups excluding carboxylic acids is 1. The number of aromatic carboxylic acids is 1. The maximum absolute atomic E-state index is 12.7. The second kappa shape index (κ2) is 7.83. The summed E-state index contributed by atoms with van der Waals surface area (Å²) < 4.78 is 1.85. The molecular weight excluding hydrogens is 366 g/mol. The molecule has 3 aromatic rings. The number of fused-ring (bicyclic) bond motifs is 1. The summed E-state index contributed by atoms with van der Waals surface area (Å²) in [5.41, 5.74) is 2.03. The minimum atomic E-state index is -1.05. The lowest BCUT2D eigenvalue weighted by Gasteiger charge is -2.11. The largest absolute Gasteiger partial charge is 0.476 e. The Labute approximate surface area is 160 Å². The van der Waals surface area contributed by atoms with Crippen molar-refractivity contribution in [3.63, 3.8) is 0 Å². The lowest BCUT2D eigenvalue weighted by molar-refractivity contribution is 0.0690. The number of pyridine rings is 1. The number of rotatable bonds is 7. The second-order valence-electron chi connectivity index (χ2n) is 6.33. The average molecular weight is 387 g/mol. The van der Waals surface area contributed by atoms with Crippen molar-refractivity contribution in [2.24, 2.45) is 0 Å². The van der Waals surface area contributed by atoms with Crippen LogP contribution in [0.3, 0.4) is 0 Å². The van der Waals surface area contributed by atoms with Crippen molar-refractivity contribution >= 4 is 34.2 Å². The zero-order chi connectivity index (χ0) is 19.6. The van der Waals surface area contributed by atoms with Gasteiger partial charge in [-0.15, -0.1) is 11.3 Å². The highest BCUT2D eigenvalue weighted by Gasteiger charge is 2.17. The minimum absolute atomic E-state index is 0.0326. The van der Waals surface area contributed by atoms with Crippen LogP contribution in [0.2, 0.25) is 0 Å². The van der Waals surface area contributed by atoms with E-state index in [0.717, 1.165) is 17.5 Å². The molecular formula is C18H21N5O3S. The highest BCUT2D eigenvalue weighted by molar-refractivity contribution is 7.09. The van der Waals surface area contributed by atoms with Gasteiger partial charge < -0.3 is 10.4 Å². The van der Waals surface area contributed by atoms with Crippen molar-refractivity contribution in [1.82, 2.24) is 25.1 Å². The van der Waals surface area contributed by atoms with E-state index in [-0.39, 0.29) is 17.6 Å². The molecule has 0 bridgehead atoms. The summed E-state index contributed by atoms with van der Waals surface area (Å²) in [5, 5.41) is 19.1. The van der Waals surface area contributed by atoms with Gasteiger partial charge in [-0.05, 0) is 26.3 Å². The predicted octanol–water partition coefficient (Wildman–Crippen LogP) is 2.84. The van der Waals surface area contributed by atoms with Gasteiger partial charge in [0.25, 0.3) is 5.91 Å². The summed E-state index contributed by atoms with van der Waals surface area (Å²) in [6.45, 7) is 6.37. The third kappa shape index (κ3) is 3.97. The number of aromatic nitrogens is 4. The van der Waals surface area contributed by atoms with Gasteiger partial charge >= 0.3 is 5.97 Å². The van der Waals surface area contributed by atoms with Crippen molar-refractivity contribution in [1.29, 1.82) is 0 Å². The van der Waals surface area contributed by atoms with Gasteiger partial charge in [0.15, 0.2) is 11.3 Å². The summed E-state index contributed by atoms with van der Waals surface area (Å²) in [4.78, 5) is 32.1. The first-order chi connectivity index (χ1) is 12.9. The van der Waals surface area contributed by atoms with Crippen LogP contribution >= 0.6 is 11.3 Å². The second-order valence-corrected chi connectivity index (χ2v) is 7.28. The van der Waals surface area contributed by atoms with Crippen molar-refractivity contribution in [2.45, 2.75) is 39.7 Å². The smallest absolute Gasteiger partial charge is 0.355 e. The van der Waals surface area contributed by atoms with Crippen LogP contribution < -0.4 is 5.32 Å². The molecule has 0 aromatic carbocycles. The fourth-order valence-electron chi connectivity index (χ4n) is 2.73. The van der Waals surface area contributed by atoms with Crippen LogP contribution in [0.15, 0.2) is 17.6 Å². The number of carbonyl (C=O) groups is 2. The minimum Gasteiger partial charge on any atom is -0.476 e. The monoisotopic (exact) mass is 387 g/mol. The van der Waals surface area contributed by atoms with E-state index >= 15 is 0 Å². The van der Waals surface area contributed by atoms with Gasteiger partial charge in [0.2, 0.25) is 0 Å². The maximum atomic E-state index is 12.7. The molecule has 0 radical (unpaired) electrons. The van der Waals surface area contributed by atoms with Gasteiger partial charge in [-0.25, -0.2) is 19.4 Å². The van der Waals surface area contributed by atoms with E-state index in [9.17, 15) is 9.59 Å². The Morgan fingerprint density at radius 1 is 1.37 bits per heavy atom. The molecule has 1 amide bonds. The zero-order valence-corrected chi connectivity index (χ0v) is 16.2. The summed E-state index contributed by atoms with van der Waals surface area (Å²) in [6, 6.07) is 1.95. The first kappa shape index (κ1) is 19.0. The normalized spacial score (nSPS) is 12.3. The van der Waals surface area contributed by atoms with E-state index < -0.39 is 5.97 Å². The van der Waals surface area contributed by atoms with Crippen molar-refractivity contribution in [3.8, 4) is 0 Å². The number of carboxylic acids is 1. The van der Waals surface area contributed by atoms with Gasteiger partial charge in [-0.2, -0.15) is 5.10 Å². The molecule has 8 nitrogen and oxygen atoms in total. The Kier molecular flexibility index (Phi) is 5.50. The van der Waals surface area contributed by atoms with E-state index in [0.29, 0.717) is 29.2 Å².